The van der Waals surface area contributed by atoms with Gasteiger partial charge in [0.15, 0.2) is 30.2 Å². The summed E-state index contributed by atoms with van der Waals surface area (Å²) in [6.07, 6.45) is 3.17. The highest BCUT2D eigenvalue weighted by atomic mass is 35.5. The molecule has 0 radical (unpaired) electrons. The maximum absolute atomic E-state index is 14.4. The number of amides is 2. The van der Waals surface area contributed by atoms with E-state index in [1.165, 1.54) is 16.7 Å². The van der Waals surface area contributed by atoms with Crippen molar-refractivity contribution in [2.75, 3.05) is 37.1 Å². The van der Waals surface area contributed by atoms with Crippen molar-refractivity contribution in [2.24, 2.45) is 5.16 Å². The maximum Gasteiger partial charge on any atom is 0.356 e. The Bertz CT molecular complexity index is 1870. The van der Waals surface area contributed by atoms with Crippen LogP contribution >= 0.6 is 23.3 Å². The number of aromatic nitrogens is 3. The van der Waals surface area contributed by atoms with Gasteiger partial charge in [-0.05, 0) is 24.1 Å². The lowest BCUT2D eigenvalue weighted by Crippen LogP contribution is -3.00. The van der Waals surface area contributed by atoms with Gasteiger partial charge in [-0.3, -0.25) is 14.5 Å². The first-order valence-electron chi connectivity index (χ1n) is 15.5. The SMILES string of the molecule is CCON=C(C(=O)NC1C(=O)N2C(C(=O)OC(c3ccccc3)c3ccccc3)=C(C[n+]3cccc(N(C)C)c3)CS[C@H]12)c1nsc(N)n1.[Cl-]. The number of fused-ring (bicyclic) bond motifs is 1. The average Bonchev–Trinajstić information content (AvgIpc) is 3.55. The number of nitrogen functional groups attached to an aromatic ring is 1. The second-order valence-electron chi connectivity index (χ2n) is 11.4. The first-order valence-corrected chi connectivity index (χ1v) is 17.3. The molecule has 2 aromatic heterocycles. The molecular weight excluding hydrogens is 700 g/mol. The van der Waals surface area contributed by atoms with E-state index in [0.29, 0.717) is 17.9 Å². The number of carbonyl (C=O) groups is 3. The zero-order chi connectivity index (χ0) is 34.5. The van der Waals surface area contributed by atoms with E-state index in [0.717, 1.165) is 28.3 Å². The lowest BCUT2D eigenvalue weighted by molar-refractivity contribution is -0.688. The van der Waals surface area contributed by atoms with Crippen molar-refractivity contribution in [2.45, 2.75) is 31.0 Å². The Morgan fingerprint density at radius 3 is 2.38 bits per heavy atom. The number of nitrogens with two attached hydrogens (primary N) is 1. The van der Waals surface area contributed by atoms with Gasteiger partial charge in [0.05, 0.1) is 0 Å². The van der Waals surface area contributed by atoms with Gasteiger partial charge in [0.25, 0.3) is 11.8 Å². The number of β-lactam (4-membered cyclic amide) rings is 1. The van der Waals surface area contributed by atoms with Gasteiger partial charge < -0.3 is 37.9 Å². The van der Waals surface area contributed by atoms with Crippen molar-refractivity contribution < 1.29 is 40.9 Å². The second-order valence-corrected chi connectivity index (χ2v) is 13.3. The topological polar surface area (TPSA) is 156 Å². The Morgan fingerprint density at radius 2 is 1.78 bits per heavy atom. The average molecular weight is 735 g/mol. The van der Waals surface area contributed by atoms with Crippen molar-refractivity contribution in [3.8, 4) is 0 Å². The minimum Gasteiger partial charge on any atom is -1.00 e. The molecule has 50 heavy (non-hydrogen) atoms. The summed E-state index contributed by atoms with van der Waals surface area (Å²) in [5.41, 5.74) is 8.96. The zero-order valence-corrected chi connectivity index (χ0v) is 29.8. The molecule has 3 N–H and O–H groups in total. The fourth-order valence-electron chi connectivity index (χ4n) is 5.49. The normalized spacial score (nSPS) is 17.0. The second kappa shape index (κ2) is 16.1. The number of halogens is 1. The van der Waals surface area contributed by atoms with Crippen LogP contribution in [-0.4, -0.2) is 75.6 Å². The highest BCUT2D eigenvalue weighted by Crippen LogP contribution is 2.42. The molecular formula is C34H35ClN8O5S2. The van der Waals surface area contributed by atoms with E-state index in [9.17, 15) is 14.4 Å². The number of pyridine rings is 1. The van der Waals surface area contributed by atoms with Crippen molar-refractivity contribution in [3.05, 3.63) is 113 Å². The van der Waals surface area contributed by atoms with Crippen molar-refractivity contribution >= 4 is 57.6 Å². The molecule has 6 rings (SSSR count). The number of oxime groups is 1. The molecule has 2 aromatic carbocycles. The first-order chi connectivity index (χ1) is 23.7. The molecule has 0 aliphatic carbocycles. The van der Waals surface area contributed by atoms with Gasteiger partial charge in [-0.1, -0.05) is 65.8 Å². The van der Waals surface area contributed by atoms with Gasteiger partial charge >= 0.3 is 5.97 Å². The first kappa shape index (κ1) is 36.3. The zero-order valence-electron chi connectivity index (χ0n) is 27.4. The van der Waals surface area contributed by atoms with Crippen LogP contribution in [0.4, 0.5) is 10.8 Å². The van der Waals surface area contributed by atoms with E-state index in [2.05, 4.69) is 19.8 Å². The number of ether oxygens (including phenoxy) is 1. The molecule has 13 nitrogen and oxygen atoms in total. The molecule has 0 saturated carbocycles. The summed E-state index contributed by atoms with van der Waals surface area (Å²) in [6.45, 7) is 2.26. The van der Waals surface area contributed by atoms with E-state index >= 15 is 0 Å². The van der Waals surface area contributed by atoms with Gasteiger partial charge in [-0.2, -0.15) is 13.9 Å². The molecule has 4 aromatic rings. The Hall–Kier alpha value is -4.99. The van der Waals surface area contributed by atoms with Crippen molar-refractivity contribution in [3.63, 3.8) is 0 Å². The van der Waals surface area contributed by atoms with Crippen LogP contribution in [0.1, 0.15) is 30.0 Å². The quantitative estimate of drug-likeness (QED) is 0.0663. The van der Waals surface area contributed by atoms with Crippen molar-refractivity contribution in [1.82, 2.24) is 19.6 Å². The standard InChI is InChI=1S/C34H34N8O5S2.ClH/c1-4-46-38-25(29-37-34(35)49-39-29)30(43)36-26-31(44)42-27(23(20-48-32(26)42)18-41-17-11-16-24(19-41)40(2)3)33(45)47-28(21-12-7-5-8-13-21)22-14-9-6-10-15-22;/h5-17,19,26,28,32H,4,18,20H2,1-3H3,(H2-,35,36,37,39,43);1H/t26?,32-;/m1./s1. The number of thioether (sulfide) groups is 1. The summed E-state index contributed by atoms with van der Waals surface area (Å²) in [5.74, 6) is -1.39. The van der Waals surface area contributed by atoms with Crippen LogP contribution < -0.4 is 32.9 Å². The number of nitrogens with one attached hydrogen (secondary N) is 1. The van der Waals surface area contributed by atoms with Gasteiger partial charge in [0, 0.05) is 43.0 Å². The molecule has 4 heterocycles. The Kier molecular flexibility index (Phi) is 11.7. The molecule has 16 heteroatoms. The highest BCUT2D eigenvalue weighted by Gasteiger charge is 2.55. The highest BCUT2D eigenvalue weighted by molar-refractivity contribution is 8.00. The third-order valence-corrected chi connectivity index (χ3v) is 9.72. The minimum atomic E-state index is -0.951. The molecule has 2 aliphatic rings. The number of nitrogens with zero attached hydrogens (tertiary/aromatic N) is 6. The van der Waals surface area contributed by atoms with E-state index in [-0.39, 0.29) is 41.4 Å². The number of esters is 1. The lowest BCUT2D eigenvalue weighted by Gasteiger charge is -2.49. The maximum atomic E-state index is 14.4. The Morgan fingerprint density at radius 1 is 1.10 bits per heavy atom. The summed E-state index contributed by atoms with van der Waals surface area (Å²) in [5, 5.41) is 6.22. The van der Waals surface area contributed by atoms with Crippen LogP contribution in [0.25, 0.3) is 0 Å². The largest absolute Gasteiger partial charge is 1.00 e. The van der Waals surface area contributed by atoms with Crippen LogP contribution in [-0.2, 0) is 30.5 Å². The molecule has 0 bridgehead atoms. The molecule has 2 amide bonds. The summed E-state index contributed by atoms with van der Waals surface area (Å²) in [7, 11) is 3.90. The summed E-state index contributed by atoms with van der Waals surface area (Å²) in [4.78, 5) is 54.3. The lowest BCUT2D eigenvalue weighted by atomic mass is 10.0. The number of carbonyl (C=O) groups excluding carboxylic acids is 3. The van der Waals surface area contributed by atoms with Crippen LogP contribution in [0.15, 0.2) is 102 Å². The molecule has 2 aliphatic heterocycles. The van der Waals surface area contributed by atoms with E-state index in [1.807, 2.05) is 109 Å². The molecule has 1 saturated heterocycles. The number of hydrogen-bond donors (Lipinski definition) is 2. The number of anilines is 2. The van der Waals surface area contributed by atoms with E-state index < -0.39 is 35.3 Å². The minimum absolute atomic E-state index is 0. The van der Waals surface area contributed by atoms with Crippen LogP contribution in [0, 0.1) is 0 Å². The predicted octanol–water partition coefficient (Wildman–Crippen LogP) is -0.0946. The molecule has 260 valence electrons. The molecule has 0 spiro atoms. The van der Waals surface area contributed by atoms with Crippen molar-refractivity contribution in [1.29, 1.82) is 0 Å². The van der Waals surface area contributed by atoms with E-state index in [1.54, 1.807) is 6.92 Å². The number of benzene rings is 2. The van der Waals surface area contributed by atoms with Gasteiger partial charge in [0.2, 0.25) is 11.5 Å². The molecule has 2 atom stereocenters. The fourth-order valence-corrected chi connectivity index (χ4v) is 7.26. The van der Waals surface area contributed by atoms with Crippen LogP contribution in [0.3, 0.4) is 0 Å². The van der Waals surface area contributed by atoms with Gasteiger partial charge in [0.1, 0.15) is 29.4 Å². The third kappa shape index (κ3) is 7.74. The Labute approximate surface area is 303 Å². The van der Waals surface area contributed by atoms with Crippen LogP contribution in [0.5, 0.6) is 0 Å². The summed E-state index contributed by atoms with van der Waals surface area (Å²) in [6, 6.07) is 21.9. The number of rotatable bonds is 12. The predicted molar refractivity (Wildman–Crippen MR) is 186 cm³/mol. The Balaban J connectivity index is 0.00000486. The summed E-state index contributed by atoms with van der Waals surface area (Å²) >= 11 is 2.36. The monoisotopic (exact) mass is 734 g/mol. The summed E-state index contributed by atoms with van der Waals surface area (Å²) < 4.78 is 12.3. The van der Waals surface area contributed by atoms with E-state index in [4.69, 9.17) is 15.3 Å². The molecule has 1 fully saturated rings. The third-order valence-electron chi connectivity index (χ3n) is 7.84. The fraction of sp³-hybridized carbons (Fsp3) is 0.265. The number of hydrogen-bond acceptors (Lipinski definition) is 12. The smallest absolute Gasteiger partial charge is 0.356 e. The van der Waals surface area contributed by atoms with Gasteiger partial charge in [-0.25, -0.2) is 4.79 Å². The van der Waals surface area contributed by atoms with Gasteiger partial charge in [-0.15, -0.1) is 11.8 Å². The van der Waals surface area contributed by atoms with Crippen LogP contribution in [0.2, 0.25) is 0 Å². The molecule has 1 unspecified atom stereocenters.